The summed E-state index contributed by atoms with van der Waals surface area (Å²) in [6, 6.07) is 8.44. The van der Waals surface area contributed by atoms with E-state index in [0.717, 1.165) is 25.0 Å². The fraction of sp³-hybridized carbons (Fsp3) is 0.632. The topological polar surface area (TPSA) is 46.5 Å². The molecule has 0 unspecified atom stereocenters. The Morgan fingerprint density at radius 3 is 2.36 bits per heavy atom. The van der Waals surface area contributed by atoms with Gasteiger partial charge in [-0.2, -0.15) is 0 Å². The van der Waals surface area contributed by atoms with E-state index in [1.165, 1.54) is 24.8 Å². The molecule has 0 aromatic heterocycles. The van der Waals surface area contributed by atoms with Crippen molar-refractivity contribution in [2.75, 3.05) is 6.61 Å². The summed E-state index contributed by atoms with van der Waals surface area (Å²) in [6.07, 6.45) is 6.22. The predicted molar refractivity (Wildman–Crippen MR) is 84.0 cm³/mol. The molecule has 1 aromatic rings. The Hall–Kier alpha value is -1.51. The number of aliphatic carboxylic acids is 1. The second-order valence-electron chi connectivity index (χ2n) is 7.78. The van der Waals surface area contributed by atoms with Gasteiger partial charge in [-0.05, 0) is 80.4 Å². The van der Waals surface area contributed by atoms with Crippen molar-refractivity contribution < 1.29 is 14.6 Å². The molecule has 4 aliphatic rings. The van der Waals surface area contributed by atoms with E-state index in [9.17, 15) is 9.90 Å². The lowest BCUT2D eigenvalue weighted by molar-refractivity contribution is -0.167. The minimum Gasteiger partial charge on any atom is -0.494 e. The van der Waals surface area contributed by atoms with Crippen LogP contribution in [0.15, 0.2) is 24.3 Å². The second kappa shape index (κ2) is 4.74. The van der Waals surface area contributed by atoms with Crippen LogP contribution in [0, 0.1) is 17.3 Å². The van der Waals surface area contributed by atoms with E-state index in [1.807, 2.05) is 19.1 Å². The van der Waals surface area contributed by atoms with Gasteiger partial charge in [0.2, 0.25) is 0 Å². The van der Waals surface area contributed by atoms with Gasteiger partial charge in [0.05, 0.1) is 12.0 Å². The SMILES string of the molecule is CCOc1ccc(C23C[C@H]4C[C@@H](CC(C(=O)O)(C4)C2)C3)cc1. The standard InChI is InChI=1S/C19H24O3/c1-2-22-16-5-3-15(4-6-16)18-8-13-7-14(9-18)11-19(10-13,12-18)17(20)21/h3-6,13-14H,2,7-12H2,1H3,(H,20,21)/t13-,14-,18?,19?/m1/s1. The number of benzene rings is 1. The molecule has 4 aliphatic carbocycles. The fourth-order valence-electron chi connectivity index (χ4n) is 5.92. The Kier molecular flexibility index (Phi) is 3.04. The van der Waals surface area contributed by atoms with Gasteiger partial charge in [-0.1, -0.05) is 12.1 Å². The zero-order chi connectivity index (χ0) is 15.4. The van der Waals surface area contributed by atoms with E-state index in [-0.39, 0.29) is 5.41 Å². The normalized spacial score (nSPS) is 39.0. The molecule has 118 valence electrons. The van der Waals surface area contributed by atoms with Crippen molar-refractivity contribution in [1.29, 1.82) is 0 Å². The summed E-state index contributed by atoms with van der Waals surface area (Å²) in [5, 5.41) is 9.83. The highest BCUT2D eigenvalue weighted by Gasteiger charge is 2.61. The summed E-state index contributed by atoms with van der Waals surface area (Å²) < 4.78 is 5.54. The van der Waals surface area contributed by atoms with Crippen molar-refractivity contribution in [3.8, 4) is 5.75 Å². The van der Waals surface area contributed by atoms with E-state index >= 15 is 0 Å². The van der Waals surface area contributed by atoms with Gasteiger partial charge in [0, 0.05) is 0 Å². The first-order valence-corrected chi connectivity index (χ1v) is 8.52. The number of hydrogen-bond donors (Lipinski definition) is 1. The molecule has 0 spiro atoms. The molecule has 4 fully saturated rings. The lowest BCUT2D eigenvalue weighted by atomic mass is 9.43. The number of carboxylic acids is 1. The third kappa shape index (κ3) is 1.98. The Labute approximate surface area is 131 Å². The van der Waals surface area contributed by atoms with E-state index in [0.29, 0.717) is 18.4 Å². The quantitative estimate of drug-likeness (QED) is 0.914. The number of rotatable bonds is 4. The van der Waals surface area contributed by atoms with Crippen LogP contribution >= 0.6 is 0 Å². The summed E-state index contributed by atoms with van der Waals surface area (Å²) >= 11 is 0. The highest BCUT2D eigenvalue weighted by Crippen LogP contribution is 2.65. The van der Waals surface area contributed by atoms with E-state index in [1.54, 1.807) is 0 Å². The zero-order valence-corrected chi connectivity index (χ0v) is 13.2. The van der Waals surface area contributed by atoms with Crippen LogP contribution in [-0.4, -0.2) is 17.7 Å². The van der Waals surface area contributed by atoms with Gasteiger partial charge in [-0.25, -0.2) is 0 Å². The van der Waals surface area contributed by atoms with Crippen LogP contribution in [0.1, 0.15) is 51.0 Å². The molecular formula is C19H24O3. The summed E-state index contributed by atoms with van der Waals surface area (Å²) in [5.41, 5.74) is 0.964. The molecule has 0 aliphatic heterocycles. The number of hydrogen-bond acceptors (Lipinski definition) is 2. The monoisotopic (exact) mass is 300 g/mol. The maximum Gasteiger partial charge on any atom is 0.309 e. The van der Waals surface area contributed by atoms with Crippen molar-refractivity contribution >= 4 is 5.97 Å². The third-order valence-corrected chi connectivity index (χ3v) is 6.29. The van der Waals surface area contributed by atoms with Crippen LogP contribution < -0.4 is 4.74 Å². The highest BCUT2D eigenvalue weighted by molar-refractivity contribution is 5.76. The number of carboxylic acid groups (broad SMARTS) is 1. The summed E-state index contributed by atoms with van der Waals surface area (Å²) in [7, 11) is 0. The third-order valence-electron chi connectivity index (χ3n) is 6.29. The van der Waals surface area contributed by atoms with E-state index in [4.69, 9.17) is 4.74 Å². The molecule has 0 radical (unpaired) electrons. The van der Waals surface area contributed by atoms with E-state index < -0.39 is 11.4 Å². The molecule has 0 amide bonds. The minimum atomic E-state index is -0.558. The minimum absolute atomic E-state index is 0.0905. The van der Waals surface area contributed by atoms with Gasteiger partial charge in [-0.15, -0.1) is 0 Å². The maximum atomic E-state index is 11.9. The van der Waals surface area contributed by atoms with Crippen LogP contribution in [0.3, 0.4) is 0 Å². The highest BCUT2D eigenvalue weighted by atomic mass is 16.5. The summed E-state index contributed by atoms with van der Waals surface area (Å²) in [6.45, 7) is 2.67. The van der Waals surface area contributed by atoms with Crippen LogP contribution in [0.5, 0.6) is 5.75 Å². The second-order valence-corrected chi connectivity index (χ2v) is 7.78. The molecular weight excluding hydrogens is 276 g/mol. The number of carbonyl (C=O) groups is 1. The molecule has 22 heavy (non-hydrogen) atoms. The lowest BCUT2D eigenvalue weighted by Crippen LogP contribution is -2.56. The molecule has 4 saturated carbocycles. The molecule has 3 heteroatoms. The van der Waals surface area contributed by atoms with Gasteiger partial charge < -0.3 is 9.84 Å². The first-order chi connectivity index (χ1) is 10.6. The van der Waals surface area contributed by atoms with Crippen LogP contribution in [0.4, 0.5) is 0 Å². The first kappa shape index (κ1) is 14.1. The largest absolute Gasteiger partial charge is 0.494 e. The molecule has 4 bridgehead atoms. The average molecular weight is 300 g/mol. The molecule has 2 atom stereocenters. The van der Waals surface area contributed by atoms with Gasteiger partial charge >= 0.3 is 5.97 Å². The van der Waals surface area contributed by atoms with Crippen molar-refractivity contribution in [3.05, 3.63) is 29.8 Å². The average Bonchev–Trinajstić information content (AvgIpc) is 2.47. The molecule has 0 saturated heterocycles. The van der Waals surface area contributed by atoms with Gasteiger partial charge in [0.1, 0.15) is 5.75 Å². The zero-order valence-electron chi connectivity index (χ0n) is 13.2. The maximum absolute atomic E-state index is 11.9. The van der Waals surface area contributed by atoms with Gasteiger partial charge in [-0.3, -0.25) is 4.79 Å². The van der Waals surface area contributed by atoms with Crippen molar-refractivity contribution in [2.45, 2.75) is 50.9 Å². The van der Waals surface area contributed by atoms with Crippen molar-refractivity contribution in [2.24, 2.45) is 17.3 Å². The smallest absolute Gasteiger partial charge is 0.309 e. The summed E-state index contributed by atoms with van der Waals surface area (Å²) in [5.74, 6) is 1.55. The van der Waals surface area contributed by atoms with Gasteiger partial charge in [0.15, 0.2) is 0 Å². The number of ether oxygens (including phenoxy) is 1. The predicted octanol–water partition coefficient (Wildman–Crippen LogP) is 4.01. The van der Waals surface area contributed by atoms with E-state index in [2.05, 4.69) is 12.1 Å². The molecule has 0 heterocycles. The summed E-state index contributed by atoms with van der Waals surface area (Å²) in [4.78, 5) is 11.9. The van der Waals surface area contributed by atoms with Crippen molar-refractivity contribution in [3.63, 3.8) is 0 Å². The lowest BCUT2D eigenvalue weighted by Gasteiger charge is -2.60. The van der Waals surface area contributed by atoms with Crippen LogP contribution in [0.2, 0.25) is 0 Å². The Balaban J connectivity index is 1.70. The Morgan fingerprint density at radius 2 is 1.82 bits per heavy atom. The molecule has 1 aromatic carbocycles. The molecule has 1 N–H and O–H groups in total. The molecule has 5 rings (SSSR count). The fourth-order valence-corrected chi connectivity index (χ4v) is 5.92. The van der Waals surface area contributed by atoms with Crippen LogP contribution in [0.25, 0.3) is 0 Å². The Morgan fingerprint density at radius 1 is 1.18 bits per heavy atom. The first-order valence-electron chi connectivity index (χ1n) is 8.52. The van der Waals surface area contributed by atoms with Crippen LogP contribution in [-0.2, 0) is 10.2 Å². The Bertz CT molecular complexity index is 575. The van der Waals surface area contributed by atoms with Crippen molar-refractivity contribution in [1.82, 2.24) is 0 Å². The molecule has 3 nitrogen and oxygen atoms in total. The van der Waals surface area contributed by atoms with Gasteiger partial charge in [0.25, 0.3) is 0 Å².